The Kier molecular flexibility index (Phi) is 4.50. The van der Waals surface area contributed by atoms with E-state index in [4.69, 9.17) is 23.2 Å². The minimum Gasteiger partial charge on any atom is -0.384 e. The Morgan fingerprint density at radius 2 is 1.86 bits per heavy atom. The Morgan fingerprint density at radius 1 is 1.14 bits per heavy atom. The zero-order chi connectivity index (χ0) is 15.6. The van der Waals surface area contributed by atoms with Gasteiger partial charge in [0.05, 0.1) is 10.7 Å². The van der Waals surface area contributed by atoms with Gasteiger partial charge in [0.2, 0.25) is 0 Å². The zero-order valence-corrected chi connectivity index (χ0v) is 13.5. The largest absolute Gasteiger partial charge is 0.384 e. The van der Waals surface area contributed by atoms with Crippen LogP contribution < -0.4 is 5.32 Å². The first-order chi connectivity index (χ1) is 10.6. The average molecular weight is 340 g/mol. The second-order valence-electron chi connectivity index (χ2n) is 5.67. The van der Waals surface area contributed by atoms with Crippen LogP contribution in [0.25, 0.3) is 0 Å². The lowest BCUT2D eigenvalue weighted by atomic mass is 9.82. The molecule has 0 unspecified atom stereocenters. The SMILES string of the molecule is Fc1cc(NCC2(c3nccnc3Cl)CCCC2)ccc1Cl. The van der Waals surface area contributed by atoms with Gasteiger partial charge >= 0.3 is 0 Å². The summed E-state index contributed by atoms with van der Waals surface area (Å²) in [5, 5.41) is 3.87. The molecule has 22 heavy (non-hydrogen) atoms. The van der Waals surface area contributed by atoms with Gasteiger partial charge < -0.3 is 5.32 Å². The quantitative estimate of drug-likeness (QED) is 0.865. The molecular formula is C16H16Cl2FN3. The van der Waals surface area contributed by atoms with Crippen LogP contribution in [0.5, 0.6) is 0 Å². The molecule has 1 aliphatic rings. The molecule has 1 N–H and O–H groups in total. The van der Waals surface area contributed by atoms with Crippen molar-refractivity contribution >= 4 is 28.9 Å². The van der Waals surface area contributed by atoms with Crippen LogP contribution in [-0.2, 0) is 5.41 Å². The standard InChI is InChI=1S/C16H16Cl2FN3/c17-12-4-3-11(9-13(12)19)22-10-16(5-1-2-6-16)14-15(18)21-8-7-20-14/h3-4,7-9,22H,1-2,5-6,10H2. The molecule has 2 aromatic rings. The third-order valence-corrected chi connectivity index (χ3v) is 4.85. The molecule has 1 fully saturated rings. The molecule has 3 nitrogen and oxygen atoms in total. The summed E-state index contributed by atoms with van der Waals surface area (Å²) >= 11 is 12.0. The van der Waals surface area contributed by atoms with Gasteiger partial charge in [0.1, 0.15) is 5.82 Å². The molecule has 0 spiro atoms. The van der Waals surface area contributed by atoms with E-state index >= 15 is 0 Å². The van der Waals surface area contributed by atoms with E-state index in [1.54, 1.807) is 24.5 Å². The maximum atomic E-state index is 13.5. The van der Waals surface area contributed by atoms with E-state index in [0.717, 1.165) is 31.4 Å². The van der Waals surface area contributed by atoms with Gasteiger partial charge in [-0.3, -0.25) is 4.98 Å². The number of hydrogen-bond donors (Lipinski definition) is 1. The molecule has 6 heteroatoms. The van der Waals surface area contributed by atoms with Crippen LogP contribution in [0.2, 0.25) is 10.2 Å². The average Bonchev–Trinajstić information content (AvgIpc) is 2.99. The van der Waals surface area contributed by atoms with Gasteiger partial charge in [-0.25, -0.2) is 9.37 Å². The van der Waals surface area contributed by atoms with Crippen molar-refractivity contribution in [3.8, 4) is 0 Å². The summed E-state index contributed by atoms with van der Waals surface area (Å²) in [5.41, 5.74) is 1.38. The van der Waals surface area contributed by atoms with Crippen molar-refractivity contribution in [1.82, 2.24) is 9.97 Å². The van der Waals surface area contributed by atoms with Crippen LogP contribution in [0.3, 0.4) is 0 Å². The van der Waals surface area contributed by atoms with Crippen molar-refractivity contribution in [3.63, 3.8) is 0 Å². The third kappa shape index (κ3) is 3.03. The van der Waals surface area contributed by atoms with Crippen LogP contribution in [0.1, 0.15) is 31.4 Å². The molecule has 1 saturated carbocycles. The number of hydrogen-bond acceptors (Lipinski definition) is 3. The summed E-state index contributed by atoms with van der Waals surface area (Å²) in [4.78, 5) is 8.59. The minimum absolute atomic E-state index is 0.123. The van der Waals surface area contributed by atoms with E-state index < -0.39 is 5.82 Å². The van der Waals surface area contributed by atoms with Gasteiger partial charge in [-0.2, -0.15) is 0 Å². The summed E-state index contributed by atoms with van der Waals surface area (Å²) in [6.07, 6.45) is 7.51. The Hall–Kier alpha value is -1.39. The fraction of sp³-hybridized carbons (Fsp3) is 0.375. The Bertz CT molecular complexity index is 672. The van der Waals surface area contributed by atoms with Crippen molar-refractivity contribution in [2.75, 3.05) is 11.9 Å². The molecule has 0 radical (unpaired) electrons. The second kappa shape index (κ2) is 6.39. The van der Waals surface area contributed by atoms with Gasteiger partial charge in [0.15, 0.2) is 5.15 Å². The third-order valence-electron chi connectivity index (χ3n) is 4.27. The molecule has 0 aliphatic heterocycles. The van der Waals surface area contributed by atoms with Gasteiger partial charge in [0, 0.05) is 30.0 Å². The number of nitrogens with zero attached hydrogens (tertiary/aromatic N) is 2. The van der Waals surface area contributed by atoms with Crippen molar-refractivity contribution < 1.29 is 4.39 Å². The molecule has 0 atom stereocenters. The summed E-state index contributed by atoms with van der Waals surface area (Å²) in [6, 6.07) is 4.73. The highest BCUT2D eigenvalue weighted by Crippen LogP contribution is 2.42. The summed E-state index contributed by atoms with van der Waals surface area (Å²) in [6.45, 7) is 0.645. The first kappa shape index (κ1) is 15.5. The molecule has 1 aromatic carbocycles. The van der Waals surface area contributed by atoms with Crippen molar-refractivity contribution in [3.05, 3.63) is 52.3 Å². The maximum Gasteiger partial charge on any atom is 0.151 e. The summed E-state index contributed by atoms with van der Waals surface area (Å²) < 4.78 is 13.5. The summed E-state index contributed by atoms with van der Waals surface area (Å²) in [7, 11) is 0. The second-order valence-corrected chi connectivity index (χ2v) is 6.43. The molecule has 3 rings (SSSR count). The number of anilines is 1. The van der Waals surface area contributed by atoms with Gasteiger partial charge in [-0.05, 0) is 31.0 Å². The van der Waals surface area contributed by atoms with Crippen LogP contribution in [-0.4, -0.2) is 16.5 Å². The fourth-order valence-corrected chi connectivity index (χ4v) is 3.53. The Balaban J connectivity index is 1.83. The zero-order valence-electron chi connectivity index (χ0n) is 12.0. The van der Waals surface area contributed by atoms with E-state index in [1.807, 2.05) is 0 Å². The number of aromatic nitrogens is 2. The van der Waals surface area contributed by atoms with E-state index in [1.165, 1.54) is 6.07 Å². The predicted molar refractivity (Wildman–Crippen MR) is 87.1 cm³/mol. The van der Waals surface area contributed by atoms with Crippen LogP contribution in [0.15, 0.2) is 30.6 Å². The van der Waals surface area contributed by atoms with E-state index in [-0.39, 0.29) is 10.4 Å². The van der Waals surface area contributed by atoms with Gasteiger partial charge in [-0.15, -0.1) is 0 Å². The topological polar surface area (TPSA) is 37.8 Å². The van der Waals surface area contributed by atoms with Crippen LogP contribution in [0, 0.1) is 5.82 Å². The predicted octanol–water partition coefficient (Wildman–Crippen LogP) is 4.85. The van der Waals surface area contributed by atoms with Crippen molar-refractivity contribution in [2.45, 2.75) is 31.1 Å². The first-order valence-electron chi connectivity index (χ1n) is 7.27. The molecular weight excluding hydrogens is 324 g/mol. The molecule has 1 heterocycles. The molecule has 0 saturated heterocycles. The molecule has 1 aliphatic carbocycles. The Morgan fingerprint density at radius 3 is 2.55 bits per heavy atom. The van der Waals surface area contributed by atoms with E-state index in [2.05, 4.69) is 15.3 Å². The Labute approximate surface area is 138 Å². The molecule has 0 amide bonds. The van der Waals surface area contributed by atoms with Crippen LogP contribution in [0.4, 0.5) is 10.1 Å². The van der Waals surface area contributed by atoms with E-state index in [9.17, 15) is 4.39 Å². The van der Waals surface area contributed by atoms with Gasteiger partial charge in [0.25, 0.3) is 0 Å². The van der Waals surface area contributed by atoms with Crippen molar-refractivity contribution in [2.24, 2.45) is 0 Å². The maximum absolute atomic E-state index is 13.5. The number of benzene rings is 1. The lowest BCUT2D eigenvalue weighted by Gasteiger charge is -2.29. The lowest BCUT2D eigenvalue weighted by molar-refractivity contribution is 0.451. The molecule has 116 valence electrons. The number of nitrogens with one attached hydrogen (secondary N) is 1. The first-order valence-corrected chi connectivity index (χ1v) is 8.02. The van der Waals surface area contributed by atoms with Gasteiger partial charge in [-0.1, -0.05) is 36.0 Å². The highest BCUT2D eigenvalue weighted by atomic mass is 35.5. The van der Waals surface area contributed by atoms with E-state index in [0.29, 0.717) is 17.4 Å². The smallest absolute Gasteiger partial charge is 0.151 e. The van der Waals surface area contributed by atoms with Crippen molar-refractivity contribution in [1.29, 1.82) is 0 Å². The number of rotatable bonds is 4. The highest BCUT2D eigenvalue weighted by Gasteiger charge is 2.38. The lowest BCUT2D eigenvalue weighted by Crippen LogP contribution is -2.33. The minimum atomic E-state index is -0.426. The number of halogens is 3. The summed E-state index contributed by atoms with van der Waals surface area (Å²) in [5.74, 6) is -0.426. The highest BCUT2D eigenvalue weighted by molar-refractivity contribution is 6.30. The van der Waals surface area contributed by atoms with Crippen LogP contribution >= 0.6 is 23.2 Å². The molecule has 1 aromatic heterocycles. The molecule has 0 bridgehead atoms. The fourth-order valence-electron chi connectivity index (χ4n) is 3.10. The monoisotopic (exact) mass is 339 g/mol. The normalized spacial score (nSPS) is 16.7.